The van der Waals surface area contributed by atoms with Gasteiger partial charge in [0.25, 0.3) is 0 Å². The molecule has 24 heavy (non-hydrogen) atoms. The molecule has 0 unspecified atom stereocenters. The Hall–Kier alpha value is -1.79. The lowest BCUT2D eigenvalue weighted by Crippen LogP contribution is -2.20. The number of hydrogen-bond acceptors (Lipinski definition) is 5. The Bertz CT molecular complexity index is 808. The molecule has 0 saturated heterocycles. The fourth-order valence-electron chi connectivity index (χ4n) is 3.09. The average molecular weight is 362 g/mol. The van der Waals surface area contributed by atoms with Crippen LogP contribution in [0.15, 0.2) is 34.5 Å². The van der Waals surface area contributed by atoms with E-state index in [2.05, 4.69) is 0 Å². The summed E-state index contributed by atoms with van der Waals surface area (Å²) >= 11 is 1.14. The van der Waals surface area contributed by atoms with Crippen molar-refractivity contribution in [2.45, 2.75) is 29.9 Å². The number of rotatable bonds is 4. The van der Waals surface area contributed by atoms with Gasteiger partial charge in [0, 0.05) is 18.2 Å². The lowest BCUT2D eigenvalue weighted by molar-refractivity contribution is 0.0531. The summed E-state index contributed by atoms with van der Waals surface area (Å²) in [5.74, 6) is -0.439. The van der Waals surface area contributed by atoms with E-state index in [0.717, 1.165) is 16.9 Å². The van der Waals surface area contributed by atoms with Gasteiger partial charge in [-0.05, 0) is 30.4 Å². The third kappa shape index (κ3) is 3.08. The van der Waals surface area contributed by atoms with E-state index < -0.39 is 16.8 Å². The van der Waals surface area contributed by atoms with Gasteiger partial charge in [0.15, 0.2) is 5.78 Å². The predicted octanol–water partition coefficient (Wildman–Crippen LogP) is 3.57. The van der Waals surface area contributed by atoms with E-state index in [9.17, 15) is 13.8 Å². The van der Waals surface area contributed by atoms with Crippen molar-refractivity contribution in [3.8, 4) is 0 Å². The average Bonchev–Trinajstić information content (AvgIpc) is 2.96. The second-order valence-electron chi connectivity index (χ2n) is 5.69. The van der Waals surface area contributed by atoms with Crippen LogP contribution in [-0.4, -0.2) is 28.8 Å². The maximum atomic E-state index is 12.7. The molecule has 0 radical (unpaired) electrons. The number of carbonyl (C=O) groups excluding carboxylic acids is 2. The predicted molar refractivity (Wildman–Crippen MR) is 94.4 cm³/mol. The van der Waals surface area contributed by atoms with E-state index >= 15 is 0 Å². The Morgan fingerprint density at radius 3 is 2.62 bits per heavy atom. The number of thiophene rings is 1. The zero-order chi connectivity index (χ0) is 17.3. The molecule has 3 rings (SSSR count). The van der Waals surface area contributed by atoms with Gasteiger partial charge in [0.2, 0.25) is 0 Å². The van der Waals surface area contributed by atoms with Crippen molar-refractivity contribution >= 4 is 33.9 Å². The molecule has 0 saturated carbocycles. The SMILES string of the molecule is CCOC(=O)c1sc([S@](C)=O)c2c1C[C@@H](c1ccccc1)CC2=O. The van der Waals surface area contributed by atoms with Gasteiger partial charge < -0.3 is 4.74 Å². The number of fused-ring (bicyclic) bond motifs is 1. The highest BCUT2D eigenvalue weighted by molar-refractivity contribution is 7.86. The van der Waals surface area contributed by atoms with Gasteiger partial charge >= 0.3 is 5.97 Å². The maximum Gasteiger partial charge on any atom is 0.348 e. The summed E-state index contributed by atoms with van der Waals surface area (Å²) in [5.41, 5.74) is 2.27. The highest BCUT2D eigenvalue weighted by Gasteiger charge is 2.35. The van der Waals surface area contributed by atoms with Gasteiger partial charge in [-0.2, -0.15) is 0 Å². The van der Waals surface area contributed by atoms with E-state index in [0.29, 0.717) is 33.1 Å². The Labute approximate surface area is 147 Å². The monoisotopic (exact) mass is 362 g/mol. The Morgan fingerprint density at radius 1 is 1.29 bits per heavy atom. The van der Waals surface area contributed by atoms with Crippen molar-refractivity contribution in [1.82, 2.24) is 0 Å². The van der Waals surface area contributed by atoms with Crippen molar-refractivity contribution in [2.24, 2.45) is 0 Å². The van der Waals surface area contributed by atoms with Gasteiger partial charge in [0.05, 0.1) is 17.4 Å². The number of Topliss-reactive ketones (excluding diaryl/α,β-unsaturated/α-hetero) is 1. The quantitative estimate of drug-likeness (QED) is 0.780. The first kappa shape index (κ1) is 17.0. The number of esters is 1. The number of ketones is 1. The summed E-state index contributed by atoms with van der Waals surface area (Å²) in [6.07, 6.45) is 2.50. The van der Waals surface area contributed by atoms with Crippen molar-refractivity contribution in [3.63, 3.8) is 0 Å². The van der Waals surface area contributed by atoms with Crippen LogP contribution in [0.25, 0.3) is 0 Å². The maximum absolute atomic E-state index is 12.7. The number of ether oxygens (including phenoxy) is 1. The lowest BCUT2D eigenvalue weighted by atomic mass is 9.80. The third-order valence-electron chi connectivity index (χ3n) is 4.13. The zero-order valence-electron chi connectivity index (χ0n) is 13.5. The molecule has 4 nitrogen and oxygen atoms in total. The van der Waals surface area contributed by atoms with Crippen LogP contribution in [0, 0.1) is 0 Å². The molecular weight excluding hydrogens is 344 g/mol. The highest BCUT2D eigenvalue weighted by Crippen LogP contribution is 2.41. The van der Waals surface area contributed by atoms with Gasteiger partial charge in [-0.15, -0.1) is 11.3 Å². The van der Waals surface area contributed by atoms with E-state index in [1.54, 1.807) is 6.92 Å². The van der Waals surface area contributed by atoms with Crippen LogP contribution in [0.4, 0.5) is 0 Å². The topological polar surface area (TPSA) is 60.4 Å². The summed E-state index contributed by atoms with van der Waals surface area (Å²) < 4.78 is 17.6. The van der Waals surface area contributed by atoms with E-state index in [4.69, 9.17) is 4.74 Å². The minimum Gasteiger partial charge on any atom is -0.462 e. The van der Waals surface area contributed by atoms with Crippen LogP contribution in [0.5, 0.6) is 0 Å². The molecule has 1 aliphatic carbocycles. The molecule has 126 valence electrons. The van der Waals surface area contributed by atoms with Crippen LogP contribution in [0.1, 0.15) is 50.4 Å². The van der Waals surface area contributed by atoms with Crippen molar-refractivity contribution in [1.29, 1.82) is 0 Å². The molecule has 0 amide bonds. The molecular formula is C18H18O4S2. The first-order chi connectivity index (χ1) is 11.5. The minimum atomic E-state index is -1.30. The van der Waals surface area contributed by atoms with Gasteiger partial charge in [-0.25, -0.2) is 4.79 Å². The first-order valence-corrected chi connectivity index (χ1v) is 10.1. The van der Waals surface area contributed by atoms with Crippen LogP contribution in [0.3, 0.4) is 0 Å². The largest absolute Gasteiger partial charge is 0.462 e. The second-order valence-corrected chi connectivity index (χ2v) is 8.28. The van der Waals surface area contributed by atoms with Crippen molar-refractivity contribution in [2.75, 3.05) is 12.9 Å². The molecule has 1 aliphatic rings. The fourth-order valence-corrected chi connectivity index (χ4v) is 5.31. The van der Waals surface area contributed by atoms with Crippen LogP contribution in [0.2, 0.25) is 0 Å². The summed E-state index contributed by atoms with van der Waals surface area (Å²) in [6, 6.07) is 9.83. The van der Waals surface area contributed by atoms with Gasteiger partial charge in [0.1, 0.15) is 9.09 Å². The third-order valence-corrected chi connectivity index (χ3v) is 6.82. The van der Waals surface area contributed by atoms with Crippen LogP contribution >= 0.6 is 11.3 Å². The molecule has 0 aliphatic heterocycles. The summed E-state index contributed by atoms with van der Waals surface area (Å²) in [6.45, 7) is 2.01. The standard InChI is InChI=1S/C18H18O4S2/c1-3-22-17(20)16-13-9-12(11-7-5-4-6-8-11)10-14(19)15(13)18(23-16)24(2)21/h4-8,12H,3,9-10H2,1-2H3/t12-,24+/m1/s1. The number of benzene rings is 1. The van der Waals surface area contributed by atoms with Crippen molar-refractivity contribution in [3.05, 3.63) is 51.9 Å². The zero-order valence-corrected chi connectivity index (χ0v) is 15.2. The summed E-state index contributed by atoms with van der Waals surface area (Å²) in [4.78, 5) is 25.4. The first-order valence-electron chi connectivity index (χ1n) is 7.77. The summed E-state index contributed by atoms with van der Waals surface area (Å²) in [7, 11) is -1.30. The van der Waals surface area contributed by atoms with Gasteiger partial charge in [-0.1, -0.05) is 30.3 Å². The number of carbonyl (C=O) groups is 2. The number of hydrogen-bond donors (Lipinski definition) is 0. The molecule has 0 spiro atoms. The molecule has 2 atom stereocenters. The van der Waals surface area contributed by atoms with Crippen LogP contribution in [-0.2, 0) is 22.0 Å². The van der Waals surface area contributed by atoms with Crippen molar-refractivity contribution < 1.29 is 18.5 Å². The van der Waals surface area contributed by atoms with E-state index in [1.165, 1.54) is 6.26 Å². The minimum absolute atomic E-state index is 0.0344. The van der Waals surface area contributed by atoms with E-state index in [-0.39, 0.29) is 18.3 Å². The summed E-state index contributed by atoms with van der Waals surface area (Å²) in [5, 5.41) is 0. The second kappa shape index (κ2) is 6.99. The lowest BCUT2D eigenvalue weighted by Gasteiger charge is -2.23. The Morgan fingerprint density at radius 2 is 2.00 bits per heavy atom. The van der Waals surface area contributed by atoms with E-state index in [1.807, 2.05) is 30.3 Å². The Balaban J connectivity index is 2.08. The molecule has 2 aromatic rings. The Kier molecular flexibility index (Phi) is 4.96. The molecule has 0 bridgehead atoms. The molecule has 1 aromatic heterocycles. The molecule has 1 aromatic carbocycles. The fraction of sp³-hybridized carbons (Fsp3) is 0.333. The van der Waals surface area contributed by atoms with Gasteiger partial charge in [-0.3, -0.25) is 9.00 Å². The smallest absolute Gasteiger partial charge is 0.348 e. The molecule has 6 heteroatoms. The highest BCUT2D eigenvalue weighted by atomic mass is 32.2. The molecule has 0 fully saturated rings. The normalized spacial score (nSPS) is 18.1. The van der Waals surface area contributed by atoms with Crippen LogP contribution < -0.4 is 0 Å². The molecule has 1 heterocycles. The molecule has 0 N–H and O–H groups in total.